The summed E-state index contributed by atoms with van der Waals surface area (Å²) >= 11 is 0. The second-order valence-corrected chi connectivity index (χ2v) is 13.2. The van der Waals surface area contributed by atoms with E-state index in [1.165, 1.54) is 0 Å². The van der Waals surface area contributed by atoms with Crippen molar-refractivity contribution in [2.75, 3.05) is 81.3 Å². The molecule has 12 nitrogen and oxygen atoms in total. The zero-order valence-electron chi connectivity index (χ0n) is 32.3. The third-order valence-electron chi connectivity index (χ3n) is 9.26. The van der Waals surface area contributed by atoms with Crippen LogP contribution in [0.15, 0.2) is 48.5 Å². The van der Waals surface area contributed by atoms with Crippen LogP contribution in [0.3, 0.4) is 0 Å². The molecule has 0 aliphatic heterocycles. The number of carbonyl (C=O) groups excluding carboxylic acids is 4. The largest absolute Gasteiger partial charge is 0.491 e. The van der Waals surface area contributed by atoms with Crippen molar-refractivity contribution in [1.82, 2.24) is 0 Å². The highest BCUT2D eigenvalue weighted by molar-refractivity contribution is 5.80. The minimum Gasteiger partial charge on any atom is -0.491 e. The molecule has 8 bridgehead atoms. The van der Waals surface area contributed by atoms with Gasteiger partial charge in [-0.25, -0.2) is 0 Å². The van der Waals surface area contributed by atoms with E-state index >= 15 is 0 Å². The molecule has 4 aromatic rings. The molecule has 4 aromatic carbocycles. The van der Waals surface area contributed by atoms with Gasteiger partial charge in [0.15, 0.2) is 0 Å². The number of hydrogen-bond donors (Lipinski definition) is 0. The fourth-order valence-electron chi connectivity index (χ4n) is 6.92. The first-order valence-electron chi connectivity index (χ1n) is 18.3. The fraction of sp³-hybridized carbons (Fsp3) is 0.364. The first kappa shape index (κ1) is 41.8. The minimum atomic E-state index is 0.210. The molecule has 0 fully saturated rings. The van der Waals surface area contributed by atoms with Crippen LogP contribution < -0.4 is 18.9 Å². The Morgan fingerprint density at radius 2 is 0.518 bits per heavy atom. The van der Waals surface area contributed by atoms with Crippen molar-refractivity contribution in [3.8, 4) is 23.0 Å². The third-order valence-corrected chi connectivity index (χ3v) is 9.26. The molecule has 56 heavy (non-hydrogen) atoms. The second-order valence-electron chi connectivity index (χ2n) is 13.2. The average molecular weight is 769 g/mol. The normalized spacial score (nSPS) is 12.1. The van der Waals surface area contributed by atoms with E-state index in [9.17, 15) is 19.2 Å². The quantitative estimate of drug-likeness (QED) is 0.0707. The topological polar surface area (TPSA) is 142 Å². The van der Waals surface area contributed by atoms with Crippen LogP contribution in [0.5, 0.6) is 23.0 Å². The van der Waals surface area contributed by atoms with E-state index in [-0.39, 0.29) is 52.1 Å². The van der Waals surface area contributed by atoms with Crippen LogP contribution in [0.1, 0.15) is 85.9 Å². The molecule has 0 amide bonds. The zero-order chi connectivity index (χ0) is 39.9. The van der Waals surface area contributed by atoms with E-state index in [0.29, 0.717) is 116 Å². The monoisotopic (exact) mass is 768 g/mol. The van der Waals surface area contributed by atoms with E-state index < -0.39 is 0 Å². The smallest absolute Gasteiger partial charge is 0.150 e. The summed E-state index contributed by atoms with van der Waals surface area (Å²) < 4.78 is 47.1. The number of ether oxygens (including phenoxy) is 8. The zero-order valence-corrected chi connectivity index (χ0v) is 32.3. The number of aldehydes is 4. The SMILES string of the molecule is COCCOc1c2cc(C=O)cc1Cc1cc(C=O)cc(c1OCCOC)Cc1cc(C=O)cc(c1OCCOC)Cc1cc(C=O)cc(c1OCCOC)C2. The predicted molar refractivity (Wildman–Crippen MR) is 208 cm³/mol. The van der Waals surface area contributed by atoms with Crippen molar-refractivity contribution in [1.29, 1.82) is 0 Å². The van der Waals surface area contributed by atoms with Gasteiger partial charge in [0.2, 0.25) is 0 Å². The van der Waals surface area contributed by atoms with Crippen LogP contribution >= 0.6 is 0 Å². The van der Waals surface area contributed by atoms with Crippen molar-refractivity contribution in [2.45, 2.75) is 25.7 Å². The lowest BCUT2D eigenvalue weighted by Crippen LogP contribution is -2.14. The molecule has 0 saturated carbocycles. The maximum absolute atomic E-state index is 12.5. The number of hydrogen-bond acceptors (Lipinski definition) is 12. The first-order valence-corrected chi connectivity index (χ1v) is 18.3. The van der Waals surface area contributed by atoms with Crippen molar-refractivity contribution in [3.63, 3.8) is 0 Å². The Balaban J connectivity index is 1.89. The number of carbonyl (C=O) groups is 4. The summed E-state index contributed by atoms with van der Waals surface area (Å²) in [4.78, 5) is 50.1. The van der Waals surface area contributed by atoms with E-state index in [1.807, 2.05) is 0 Å². The average Bonchev–Trinajstić information content (AvgIpc) is 3.20. The van der Waals surface area contributed by atoms with E-state index in [2.05, 4.69) is 0 Å². The molecule has 0 aromatic heterocycles. The molecule has 0 N–H and O–H groups in total. The Hall–Kier alpha value is -5.40. The van der Waals surface area contributed by atoms with Crippen LogP contribution in [0, 0.1) is 0 Å². The van der Waals surface area contributed by atoms with Crippen LogP contribution in [-0.4, -0.2) is 106 Å². The van der Waals surface area contributed by atoms with E-state index in [4.69, 9.17) is 37.9 Å². The van der Waals surface area contributed by atoms with Gasteiger partial charge in [-0.1, -0.05) is 0 Å². The lowest BCUT2D eigenvalue weighted by molar-refractivity contribution is 0.111. The van der Waals surface area contributed by atoms with Crippen LogP contribution in [0.4, 0.5) is 0 Å². The number of rotatable bonds is 20. The molecule has 0 heterocycles. The van der Waals surface area contributed by atoms with Crippen LogP contribution in [0.25, 0.3) is 0 Å². The Labute approximate surface area is 326 Å². The lowest BCUT2D eigenvalue weighted by atomic mass is 9.88. The number of benzene rings is 4. The molecule has 12 heteroatoms. The molecule has 1 aliphatic carbocycles. The van der Waals surface area contributed by atoms with Gasteiger partial charge in [0.25, 0.3) is 0 Å². The molecular formula is C44H48O12. The highest BCUT2D eigenvalue weighted by Crippen LogP contribution is 2.40. The summed E-state index contributed by atoms with van der Waals surface area (Å²) in [7, 11) is 6.33. The van der Waals surface area contributed by atoms with Gasteiger partial charge in [-0.15, -0.1) is 0 Å². The second kappa shape index (κ2) is 21.1. The Morgan fingerprint density at radius 3 is 0.661 bits per heavy atom. The van der Waals surface area contributed by atoms with E-state index in [1.54, 1.807) is 77.0 Å². The molecular weight excluding hydrogens is 720 g/mol. The summed E-state index contributed by atoms with van der Waals surface area (Å²) in [6.07, 6.45) is 3.95. The summed E-state index contributed by atoms with van der Waals surface area (Å²) in [6.45, 7) is 2.06. The van der Waals surface area contributed by atoms with Gasteiger partial charge in [-0.2, -0.15) is 0 Å². The fourth-order valence-corrected chi connectivity index (χ4v) is 6.92. The Kier molecular flexibility index (Phi) is 15.7. The van der Waals surface area contributed by atoms with Gasteiger partial charge < -0.3 is 37.9 Å². The van der Waals surface area contributed by atoms with Crippen molar-refractivity contribution < 1.29 is 57.1 Å². The van der Waals surface area contributed by atoms with Crippen molar-refractivity contribution in [2.24, 2.45) is 0 Å². The predicted octanol–water partition coefficient (Wildman–Crippen LogP) is 5.71. The molecule has 0 spiro atoms. The molecule has 1 aliphatic rings. The van der Waals surface area contributed by atoms with Gasteiger partial charge >= 0.3 is 0 Å². The maximum Gasteiger partial charge on any atom is 0.150 e. The summed E-state index contributed by atoms with van der Waals surface area (Å²) in [5.74, 6) is 2.10. The minimum absolute atomic E-state index is 0.210. The Bertz CT molecular complexity index is 1620. The van der Waals surface area contributed by atoms with Crippen LogP contribution in [0.2, 0.25) is 0 Å². The van der Waals surface area contributed by atoms with Crippen molar-refractivity contribution >= 4 is 25.1 Å². The summed E-state index contributed by atoms with van der Waals surface area (Å²) in [5.41, 5.74) is 6.98. The van der Waals surface area contributed by atoms with E-state index in [0.717, 1.165) is 25.1 Å². The first-order chi connectivity index (χ1) is 27.4. The highest BCUT2D eigenvalue weighted by atomic mass is 16.5. The van der Waals surface area contributed by atoms with Crippen molar-refractivity contribution in [3.05, 3.63) is 115 Å². The molecule has 296 valence electrons. The van der Waals surface area contributed by atoms with Gasteiger partial charge in [-0.05, 0) is 93.0 Å². The lowest BCUT2D eigenvalue weighted by Gasteiger charge is -2.24. The number of fused-ring (bicyclic) bond motifs is 8. The molecule has 5 rings (SSSR count). The molecule has 0 radical (unpaired) electrons. The van der Waals surface area contributed by atoms with Gasteiger partial charge in [0.1, 0.15) is 74.6 Å². The Morgan fingerprint density at radius 1 is 0.339 bits per heavy atom. The number of methoxy groups -OCH3 is 4. The molecule has 0 atom stereocenters. The standard InChI is InChI=1S/C44H48O12/c1-49-5-9-53-41-33-13-29(25-45)14-34(41)22-36-16-31(27-47)18-38(43(36)55-11-7-51-3)24-40-20-32(28-48)19-39(44(40)56-12-8-52-4)23-37-17-30(26-46)15-35(21-33)42(37)54-10-6-50-2/h13-20,25-28H,5-12,21-24H2,1-4H3. The van der Waals surface area contributed by atoms with Gasteiger partial charge in [-0.3, -0.25) is 19.2 Å². The highest BCUT2D eigenvalue weighted by Gasteiger charge is 2.24. The molecule has 0 saturated heterocycles. The van der Waals surface area contributed by atoms with Gasteiger partial charge in [0.05, 0.1) is 26.4 Å². The third kappa shape index (κ3) is 10.5. The van der Waals surface area contributed by atoms with Gasteiger partial charge in [0, 0.05) is 76.4 Å². The van der Waals surface area contributed by atoms with Crippen LogP contribution in [-0.2, 0) is 44.6 Å². The molecule has 0 unspecified atom stereocenters. The summed E-state index contributed by atoms with van der Waals surface area (Å²) in [6, 6.07) is 14.1. The summed E-state index contributed by atoms with van der Waals surface area (Å²) in [5, 5.41) is 0. The maximum atomic E-state index is 12.5.